The normalized spacial score (nSPS) is 25.9. The number of phosphoric acid groups is 3. The molecule has 1 fully saturated rings. The number of rotatable bonds is 6. The second-order valence-electron chi connectivity index (χ2n) is 3.98. The van der Waals surface area contributed by atoms with Crippen molar-refractivity contribution in [2.24, 2.45) is 0 Å². The minimum atomic E-state index is -5.68. The van der Waals surface area contributed by atoms with Gasteiger partial charge in [0.15, 0.2) is 0 Å². The number of hydrogen-bond donors (Lipinski definition) is 2. The van der Waals surface area contributed by atoms with E-state index in [2.05, 4.69) is 13.6 Å². The summed E-state index contributed by atoms with van der Waals surface area (Å²) in [6.07, 6.45) is -5.56. The van der Waals surface area contributed by atoms with Crippen molar-refractivity contribution in [1.29, 1.82) is 0 Å². The Kier molecular flexibility index (Phi) is 22.2. The van der Waals surface area contributed by atoms with Gasteiger partial charge in [-0.05, 0) is 0 Å². The number of phosphoric ester groups is 3. The van der Waals surface area contributed by atoms with Gasteiger partial charge in [-0.1, -0.05) is 0 Å². The third kappa shape index (κ3) is 17.6. The van der Waals surface area contributed by atoms with Crippen molar-refractivity contribution in [3.63, 3.8) is 0 Å². The van der Waals surface area contributed by atoms with Crippen LogP contribution in [0.4, 0.5) is 0 Å². The Hall–Kier alpha value is 4.29. The summed E-state index contributed by atoms with van der Waals surface area (Å²) in [5, 5.41) is 1.21. The molecule has 0 aliphatic carbocycles. The second-order valence-corrected chi connectivity index (χ2v) is 7.34. The monoisotopic (exact) mass is 461 g/mol. The molecule has 4 atom stereocenters. The van der Waals surface area contributed by atoms with Crippen LogP contribution in [0.5, 0.6) is 0 Å². The van der Waals surface area contributed by atoms with E-state index in [1.807, 2.05) is 0 Å². The molecule has 0 aromatic heterocycles. The first kappa shape index (κ1) is 36.7. The van der Waals surface area contributed by atoms with Crippen LogP contribution in [0.2, 0.25) is 0 Å². The molecule has 3 N–H and O–H groups in total. The van der Waals surface area contributed by atoms with Gasteiger partial charge in [-0.2, -0.15) is 0 Å². The Morgan fingerprint density at radius 2 is 1.12 bits per heavy atom. The van der Waals surface area contributed by atoms with Crippen molar-refractivity contribution in [3.8, 4) is 0 Å². The van der Waals surface area contributed by atoms with Gasteiger partial charge in [0, 0.05) is 0 Å². The summed E-state index contributed by atoms with van der Waals surface area (Å²) in [6.45, 7) is -0.632. The third-order valence-corrected chi connectivity index (χ3v) is 3.88. The summed E-state index contributed by atoms with van der Waals surface area (Å²) >= 11 is 0. The van der Waals surface area contributed by atoms with Gasteiger partial charge in [0.2, 0.25) is 0 Å². The zero-order chi connectivity index (χ0) is 16.5. The van der Waals surface area contributed by atoms with E-state index in [0.717, 1.165) is 0 Å². The molecule has 25 heavy (non-hydrogen) atoms. The SMILES string of the molecule is O=P([O-])([O-])OC1C[NH2+]CC(OP(=O)([O-])O)C1OP(=O)([O-])[O-].[Na+].[Na+].[Na+].[Na+]. The van der Waals surface area contributed by atoms with E-state index in [4.69, 9.17) is 4.89 Å². The van der Waals surface area contributed by atoms with Crippen molar-refractivity contribution in [2.75, 3.05) is 13.1 Å². The first-order valence-corrected chi connectivity index (χ1v) is 9.63. The Bertz CT molecular complexity index is 475. The Morgan fingerprint density at radius 3 is 1.44 bits per heavy atom. The van der Waals surface area contributed by atoms with Crippen molar-refractivity contribution in [2.45, 2.75) is 18.3 Å². The Morgan fingerprint density at radius 1 is 0.760 bits per heavy atom. The molecule has 1 aliphatic heterocycles. The fraction of sp³-hybridized carbons (Fsp3) is 1.00. The van der Waals surface area contributed by atoms with Gasteiger partial charge in [-0.25, -0.2) is 0 Å². The number of hydrogen-bond acceptors (Lipinski definition) is 11. The fourth-order valence-corrected chi connectivity index (χ4v) is 3.42. The van der Waals surface area contributed by atoms with Crippen molar-refractivity contribution >= 4 is 23.5 Å². The predicted octanol–water partition coefficient (Wildman–Crippen LogP) is -18.1. The molecule has 0 bridgehead atoms. The van der Waals surface area contributed by atoms with Crippen molar-refractivity contribution < 1.29 is 180 Å². The quantitative estimate of drug-likeness (QED) is 0.277. The molecule has 0 amide bonds. The maximum atomic E-state index is 10.6. The fourth-order valence-electron chi connectivity index (χ4n) is 1.76. The summed E-state index contributed by atoms with van der Waals surface area (Å²) in [7, 11) is -16.6. The molecule has 1 aliphatic rings. The molecule has 0 aromatic carbocycles. The van der Waals surface area contributed by atoms with Gasteiger partial charge in [0.05, 0.1) is 15.6 Å². The summed E-state index contributed by atoms with van der Waals surface area (Å²) in [5.41, 5.74) is 0. The van der Waals surface area contributed by atoms with Gasteiger partial charge < -0.3 is 57.4 Å². The molecule has 126 valence electrons. The first-order chi connectivity index (χ1) is 9.27. The van der Waals surface area contributed by atoms with Crippen LogP contribution in [0, 0.1) is 0 Å². The minimum absolute atomic E-state index is 0. The van der Waals surface area contributed by atoms with Gasteiger partial charge in [-0.3, -0.25) is 4.57 Å². The summed E-state index contributed by atoms with van der Waals surface area (Å²) in [4.78, 5) is 61.6. The molecule has 0 radical (unpaired) electrons. The molecule has 1 saturated heterocycles. The van der Waals surface area contributed by atoms with Gasteiger partial charge in [-0.15, -0.1) is 0 Å². The Balaban J connectivity index is -0.000000551. The Labute approximate surface area is 231 Å². The maximum absolute atomic E-state index is 10.6. The zero-order valence-corrected chi connectivity index (χ0v) is 24.7. The molecule has 20 heteroatoms. The molecule has 4 unspecified atom stereocenters. The molecule has 1 rings (SSSR count). The molecule has 0 aromatic rings. The van der Waals surface area contributed by atoms with Gasteiger partial charge >= 0.3 is 118 Å². The van der Waals surface area contributed by atoms with E-state index in [9.17, 15) is 38.2 Å². The molecule has 0 spiro atoms. The van der Waals surface area contributed by atoms with Gasteiger partial charge in [0.1, 0.15) is 31.4 Å². The van der Waals surface area contributed by atoms with Crippen LogP contribution in [-0.2, 0) is 27.3 Å². The predicted molar refractivity (Wildman–Crippen MR) is 51.3 cm³/mol. The van der Waals surface area contributed by atoms with E-state index in [-0.39, 0.29) is 131 Å². The summed E-state index contributed by atoms with van der Waals surface area (Å²) < 4.78 is 43.9. The maximum Gasteiger partial charge on any atom is 1.00 e. The average molecular weight is 461 g/mol. The molecule has 1 heterocycles. The average Bonchev–Trinajstić information content (AvgIpc) is 2.16. The van der Waals surface area contributed by atoms with Crippen LogP contribution in [0.25, 0.3) is 0 Å². The van der Waals surface area contributed by atoms with E-state index in [1.54, 1.807) is 0 Å². The first-order valence-electron chi connectivity index (χ1n) is 5.22. The molecular formula is C5H10NNa4O12P3. The molecule has 0 saturated carbocycles. The number of nitrogens with two attached hydrogens (primary N) is 1. The standard InChI is InChI=1S/C5H14NO12P3.4Na/c7-19(8,9)16-3-1-6-2-4(17-20(10,11)12)5(3)18-21(13,14)15;;;;/h3-6H,1-2H2,(H2,7,8,9)(H2,10,11,12)(H2,13,14,15);;;;/q;4*+1/p-4. The zero-order valence-electron chi connectivity index (χ0n) is 14.0. The topological polar surface area (TPSA) is 231 Å². The van der Waals surface area contributed by atoms with Crippen LogP contribution >= 0.6 is 23.5 Å². The molecule has 13 nitrogen and oxygen atoms in total. The van der Waals surface area contributed by atoms with Crippen molar-refractivity contribution in [1.82, 2.24) is 0 Å². The van der Waals surface area contributed by atoms with Crippen LogP contribution in [0.15, 0.2) is 0 Å². The van der Waals surface area contributed by atoms with E-state index in [0.29, 0.717) is 0 Å². The smallest absolute Gasteiger partial charge is 0.790 e. The molecular weight excluding hydrogens is 451 g/mol. The van der Waals surface area contributed by atoms with Crippen LogP contribution in [-0.4, -0.2) is 36.3 Å². The van der Waals surface area contributed by atoms with E-state index < -0.39 is 41.8 Å². The van der Waals surface area contributed by atoms with Gasteiger partial charge in [0.25, 0.3) is 7.82 Å². The van der Waals surface area contributed by atoms with Crippen LogP contribution in [0.3, 0.4) is 0 Å². The van der Waals surface area contributed by atoms with Crippen LogP contribution < -0.4 is 148 Å². The largest absolute Gasteiger partial charge is 1.00 e. The van der Waals surface area contributed by atoms with Crippen molar-refractivity contribution in [3.05, 3.63) is 0 Å². The third-order valence-electron chi connectivity index (χ3n) is 2.31. The second kappa shape index (κ2) is 15.2. The van der Waals surface area contributed by atoms with Crippen LogP contribution in [0.1, 0.15) is 0 Å². The van der Waals surface area contributed by atoms with E-state index in [1.165, 1.54) is 5.32 Å². The summed E-state index contributed by atoms with van der Waals surface area (Å²) in [5.74, 6) is 0. The number of quaternary nitrogens is 1. The minimum Gasteiger partial charge on any atom is -0.790 e. The van der Waals surface area contributed by atoms with E-state index >= 15 is 0 Å². The number of piperidine rings is 1. The summed E-state index contributed by atoms with van der Waals surface area (Å²) in [6, 6.07) is 0.